The number of nitrogens with two attached hydrogens (primary N) is 1. The summed E-state index contributed by atoms with van der Waals surface area (Å²) < 4.78 is 0. The Morgan fingerprint density at radius 1 is 1.15 bits per heavy atom. The molecule has 1 aromatic heterocycles. The predicted octanol–water partition coefficient (Wildman–Crippen LogP) is 2.35. The van der Waals surface area contributed by atoms with Gasteiger partial charge in [-0.05, 0) is 57.3 Å². The molecule has 1 aliphatic rings. The molecule has 0 unspecified atom stereocenters. The number of nitrogen functional groups attached to an aromatic ring is 1. The van der Waals surface area contributed by atoms with Gasteiger partial charge in [0.1, 0.15) is 5.82 Å². The number of hydrogen-bond acceptors (Lipinski definition) is 4. The molecule has 106 valence electrons. The Hall–Kier alpha value is -1.81. The number of pyridine rings is 1. The number of benzene rings is 1. The van der Waals surface area contributed by atoms with Crippen molar-refractivity contribution in [3.05, 3.63) is 30.3 Å². The largest absolute Gasteiger partial charge is 0.399 e. The van der Waals surface area contributed by atoms with E-state index in [1.807, 2.05) is 18.2 Å². The SMILES string of the molecule is CN(C)C1CCN(c2ccc3cc(N)ccc3n2)CC1. The summed E-state index contributed by atoms with van der Waals surface area (Å²) in [6, 6.07) is 10.8. The smallest absolute Gasteiger partial charge is 0.129 e. The summed E-state index contributed by atoms with van der Waals surface area (Å²) in [5.41, 5.74) is 7.62. The molecule has 2 N–H and O–H groups in total. The molecule has 1 fully saturated rings. The van der Waals surface area contributed by atoms with Crippen LogP contribution in [0.3, 0.4) is 0 Å². The number of nitrogens with zero attached hydrogens (tertiary/aromatic N) is 3. The molecule has 0 spiro atoms. The van der Waals surface area contributed by atoms with E-state index < -0.39 is 0 Å². The van der Waals surface area contributed by atoms with Crippen molar-refractivity contribution >= 4 is 22.4 Å². The third-order valence-electron chi connectivity index (χ3n) is 4.22. The van der Waals surface area contributed by atoms with E-state index in [-0.39, 0.29) is 0 Å². The minimum absolute atomic E-state index is 0.700. The Balaban J connectivity index is 1.79. The summed E-state index contributed by atoms with van der Waals surface area (Å²) >= 11 is 0. The first-order valence-electron chi connectivity index (χ1n) is 7.21. The van der Waals surface area contributed by atoms with Crippen molar-refractivity contribution in [3.8, 4) is 0 Å². The maximum atomic E-state index is 5.81. The molecule has 0 amide bonds. The number of hydrogen-bond donors (Lipinski definition) is 1. The lowest BCUT2D eigenvalue weighted by atomic mass is 10.0. The maximum Gasteiger partial charge on any atom is 0.129 e. The highest BCUT2D eigenvalue weighted by Crippen LogP contribution is 2.23. The summed E-state index contributed by atoms with van der Waals surface area (Å²) in [6.45, 7) is 2.16. The van der Waals surface area contributed by atoms with E-state index in [0.29, 0.717) is 6.04 Å². The Kier molecular flexibility index (Phi) is 3.49. The van der Waals surface area contributed by atoms with Crippen LogP contribution in [0.2, 0.25) is 0 Å². The predicted molar refractivity (Wildman–Crippen MR) is 85.1 cm³/mol. The molecule has 4 nitrogen and oxygen atoms in total. The molecule has 0 bridgehead atoms. The minimum Gasteiger partial charge on any atom is -0.399 e. The molecule has 20 heavy (non-hydrogen) atoms. The van der Waals surface area contributed by atoms with Gasteiger partial charge in [0.25, 0.3) is 0 Å². The minimum atomic E-state index is 0.700. The number of piperidine rings is 1. The molecule has 1 saturated heterocycles. The number of aromatic nitrogens is 1. The van der Waals surface area contributed by atoms with Crippen LogP contribution in [0.1, 0.15) is 12.8 Å². The third kappa shape index (κ3) is 2.56. The summed E-state index contributed by atoms with van der Waals surface area (Å²) in [5.74, 6) is 1.08. The van der Waals surface area contributed by atoms with E-state index in [2.05, 4.69) is 36.0 Å². The van der Waals surface area contributed by atoms with Crippen LogP contribution in [-0.2, 0) is 0 Å². The highest BCUT2D eigenvalue weighted by atomic mass is 15.2. The van der Waals surface area contributed by atoms with Crippen molar-refractivity contribution in [2.75, 3.05) is 37.8 Å². The van der Waals surface area contributed by atoms with Crippen molar-refractivity contribution in [2.45, 2.75) is 18.9 Å². The third-order valence-corrected chi connectivity index (χ3v) is 4.22. The number of rotatable bonds is 2. The van der Waals surface area contributed by atoms with Gasteiger partial charge >= 0.3 is 0 Å². The first-order valence-corrected chi connectivity index (χ1v) is 7.21. The summed E-state index contributed by atoms with van der Waals surface area (Å²) in [7, 11) is 4.33. The van der Waals surface area contributed by atoms with Gasteiger partial charge in [-0.25, -0.2) is 4.98 Å². The maximum absolute atomic E-state index is 5.81. The van der Waals surface area contributed by atoms with Crippen molar-refractivity contribution in [2.24, 2.45) is 0 Å². The van der Waals surface area contributed by atoms with E-state index in [9.17, 15) is 0 Å². The van der Waals surface area contributed by atoms with Gasteiger partial charge < -0.3 is 15.5 Å². The molecule has 0 aliphatic carbocycles. The fraction of sp³-hybridized carbons (Fsp3) is 0.438. The molecule has 0 saturated carbocycles. The van der Waals surface area contributed by atoms with Crippen LogP contribution in [0.15, 0.2) is 30.3 Å². The van der Waals surface area contributed by atoms with Crippen LogP contribution >= 0.6 is 0 Å². The molecule has 4 heteroatoms. The molecule has 2 aromatic rings. The topological polar surface area (TPSA) is 45.4 Å². The first kappa shape index (κ1) is 13.2. The standard InChI is InChI=1S/C16H22N4/c1-19(2)14-7-9-20(10-8-14)16-6-3-12-11-13(17)4-5-15(12)18-16/h3-6,11,14H,7-10,17H2,1-2H3. The monoisotopic (exact) mass is 270 g/mol. The first-order chi connectivity index (χ1) is 9.63. The second kappa shape index (κ2) is 5.29. The zero-order valence-corrected chi connectivity index (χ0v) is 12.2. The van der Waals surface area contributed by atoms with Gasteiger partial charge in [-0.15, -0.1) is 0 Å². The summed E-state index contributed by atoms with van der Waals surface area (Å²) in [6.07, 6.45) is 2.41. The Bertz CT molecular complexity index is 600. The lowest BCUT2D eigenvalue weighted by molar-refractivity contribution is 0.249. The van der Waals surface area contributed by atoms with Gasteiger partial charge in [0.2, 0.25) is 0 Å². The van der Waals surface area contributed by atoms with Crippen molar-refractivity contribution in [1.82, 2.24) is 9.88 Å². The number of fused-ring (bicyclic) bond motifs is 1. The molecule has 0 atom stereocenters. The zero-order chi connectivity index (χ0) is 14.1. The Morgan fingerprint density at radius 2 is 1.90 bits per heavy atom. The van der Waals surface area contributed by atoms with Crippen molar-refractivity contribution in [3.63, 3.8) is 0 Å². The van der Waals surface area contributed by atoms with E-state index in [4.69, 9.17) is 10.7 Å². The Morgan fingerprint density at radius 3 is 2.60 bits per heavy atom. The van der Waals surface area contributed by atoms with E-state index in [0.717, 1.165) is 35.5 Å². The van der Waals surface area contributed by atoms with Gasteiger partial charge in [0.15, 0.2) is 0 Å². The molecule has 1 aliphatic heterocycles. The van der Waals surface area contributed by atoms with Gasteiger partial charge in [-0.3, -0.25) is 0 Å². The van der Waals surface area contributed by atoms with Crippen LogP contribution in [-0.4, -0.2) is 43.1 Å². The van der Waals surface area contributed by atoms with Crippen LogP contribution in [0.5, 0.6) is 0 Å². The normalized spacial score (nSPS) is 17.1. The van der Waals surface area contributed by atoms with Crippen LogP contribution in [0, 0.1) is 0 Å². The van der Waals surface area contributed by atoms with E-state index in [1.165, 1.54) is 12.8 Å². The van der Waals surface area contributed by atoms with Crippen LogP contribution in [0.4, 0.5) is 11.5 Å². The number of anilines is 2. The highest BCUT2D eigenvalue weighted by Gasteiger charge is 2.21. The second-order valence-electron chi connectivity index (χ2n) is 5.80. The van der Waals surface area contributed by atoms with Crippen LogP contribution < -0.4 is 10.6 Å². The molecule has 0 radical (unpaired) electrons. The molecule has 1 aromatic carbocycles. The zero-order valence-electron chi connectivity index (χ0n) is 12.2. The quantitative estimate of drug-likeness (QED) is 0.851. The van der Waals surface area contributed by atoms with Gasteiger partial charge in [-0.2, -0.15) is 0 Å². The molecule has 2 heterocycles. The second-order valence-corrected chi connectivity index (χ2v) is 5.80. The van der Waals surface area contributed by atoms with Crippen molar-refractivity contribution in [1.29, 1.82) is 0 Å². The molecule has 3 rings (SSSR count). The molecular formula is C16H22N4. The highest BCUT2D eigenvalue weighted by molar-refractivity contribution is 5.83. The lowest BCUT2D eigenvalue weighted by Gasteiger charge is -2.35. The lowest BCUT2D eigenvalue weighted by Crippen LogP contribution is -2.42. The van der Waals surface area contributed by atoms with Crippen molar-refractivity contribution < 1.29 is 0 Å². The Labute approximate surface area is 120 Å². The fourth-order valence-electron chi connectivity index (χ4n) is 2.92. The van der Waals surface area contributed by atoms with Crippen LogP contribution in [0.25, 0.3) is 10.9 Å². The van der Waals surface area contributed by atoms with Gasteiger partial charge in [-0.1, -0.05) is 0 Å². The fourth-order valence-corrected chi connectivity index (χ4v) is 2.92. The average Bonchev–Trinajstić information content (AvgIpc) is 2.47. The van der Waals surface area contributed by atoms with E-state index >= 15 is 0 Å². The van der Waals surface area contributed by atoms with Gasteiger partial charge in [0.05, 0.1) is 5.52 Å². The summed E-state index contributed by atoms with van der Waals surface area (Å²) in [4.78, 5) is 9.48. The summed E-state index contributed by atoms with van der Waals surface area (Å²) in [5, 5.41) is 1.11. The van der Waals surface area contributed by atoms with Gasteiger partial charge in [0, 0.05) is 30.2 Å². The average molecular weight is 270 g/mol. The molecular weight excluding hydrogens is 248 g/mol. The van der Waals surface area contributed by atoms with E-state index in [1.54, 1.807) is 0 Å².